The third-order valence-electron chi connectivity index (χ3n) is 4.41. The highest BCUT2D eigenvalue weighted by atomic mass is 32.2. The highest BCUT2D eigenvalue weighted by Gasteiger charge is 2.21. The SMILES string of the molecule is O=C(CSCc1ccccc1)N(Cc1ccccc1)c1nc2c(F)cccc2s1. The quantitative estimate of drug-likeness (QED) is 0.372. The molecular formula is C23H19FN2OS2. The molecule has 0 aliphatic heterocycles. The van der Waals surface area contributed by atoms with Crippen LogP contribution >= 0.6 is 23.1 Å². The van der Waals surface area contributed by atoms with Crippen LogP contribution in [0.15, 0.2) is 78.9 Å². The lowest BCUT2D eigenvalue weighted by molar-refractivity contribution is -0.116. The van der Waals surface area contributed by atoms with Crippen LogP contribution in [0, 0.1) is 5.82 Å². The molecule has 0 saturated heterocycles. The Labute approximate surface area is 177 Å². The lowest BCUT2D eigenvalue weighted by atomic mass is 10.2. The van der Waals surface area contributed by atoms with Gasteiger partial charge in [-0.15, -0.1) is 11.8 Å². The first-order valence-corrected chi connectivity index (χ1v) is 11.2. The second-order valence-electron chi connectivity index (χ2n) is 6.53. The van der Waals surface area contributed by atoms with Crippen LogP contribution in [0.25, 0.3) is 10.2 Å². The van der Waals surface area contributed by atoms with Gasteiger partial charge in [0.2, 0.25) is 5.91 Å². The fourth-order valence-electron chi connectivity index (χ4n) is 2.96. The minimum Gasteiger partial charge on any atom is -0.283 e. The van der Waals surface area contributed by atoms with E-state index in [0.717, 1.165) is 16.0 Å². The Bertz CT molecular complexity index is 1100. The molecule has 0 aliphatic carbocycles. The van der Waals surface area contributed by atoms with Gasteiger partial charge in [0.1, 0.15) is 11.3 Å². The van der Waals surface area contributed by atoms with Gasteiger partial charge in [-0.25, -0.2) is 9.37 Å². The fourth-order valence-corrected chi connectivity index (χ4v) is 4.81. The summed E-state index contributed by atoms with van der Waals surface area (Å²) in [6, 6.07) is 24.7. The van der Waals surface area contributed by atoms with Crippen LogP contribution in [0.3, 0.4) is 0 Å². The van der Waals surface area contributed by atoms with E-state index in [-0.39, 0.29) is 11.7 Å². The first kappa shape index (κ1) is 19.6. The molecule has 1 amide bonds. The molecule has 3 nitrogen and oxygen atoms in total. The predicted molar refractivity (Wildman–Crippen MR) is 120 cm³/mol. The summed E-state index contributed by atoms with van der Waals surface area (Å²) in [6.45, 7) is 0.410. The van der Waals surface area contributed by atoms with Crippen LogP contribution in [-0.2, 0) is 17.1 Å². The fraction of sp³-hybridized carbons (Fsp3) is 0.130. The summed E-state index contributed by atoms with van der Waals surface area (Å²) in [5, 5.41) is 0.527. The number of aromatic nitrogens is 1. The molecule has 146 valence electrons. The number of fused-ring (bicyclic) bond motifs is 1. The van der Waals surface area contributed by atoms with Crippen molar-refractivity contribution in [2.75, 3.05) is 10.7 Å². The molecule has 1 aromatic heterocycles. The summed E-state index contributed by atoms with van der Waals surface area (Å²) in [7, 11) is 0. The Kier molecular flexibility index (Phi) is 6.22. The molecule has 4 rings (SSSR count). The molecule has 0 aliphatic rings. The van der Waals surface area contributed by atoms with Crippen molar-refractivity contribution in [3.05, 3.63) is 95.8 Å². The Morgan fingerprint density at radius 2 is 1.62 bits per heavy atom. The van der Waals surface area contributed by atoms with Gasteiger partial charge in [-0.05, 0) is 23.3 Å². The zero-order valence-electron chi connectivity index (χ0n) is 15.6. The molecule has 6 heteroatoms. The lowest BCUT2D eigenvalue weighted by Gasteiger charge is -2.20. The highest BCUT2D eigenvalue weighted by Crippen LogP contribution is 2.31. The number of benzene rings is 3. The third-order valence-corrected chi connectivity index (χ3v) is 6.44. The Morgan fingerprint density at radius 3 is 2.31 bits per heavy atom. The minimum absolute atomic E-state index is 0.0331. The van der Waals surface area contributed by atoms with Crippen LogP contribution in [0.1, 0.15) is 11.1 Å². The smallest absolute Gasteiger partial charge is 0.239 e. The number of anilines is 1. The number of hydrogen-bond acceptors (Lipinski definition) is 4. The van der Waals surface area contributed by atoms with E-state index in [2.05, 4.69) is 17.1 Å². The van der Waals surface area contributed by atoms with Crippen molar-refractivity contribution in [1.82, 2.24) is 4.98 Å². The van der Waals surface area contributed by atoms with Crippen LogP contribution in [-0.4, -0.2) is 16.6 Å². The van der Waals surface area contributed by atoms with Gasteiger partial charge in [0.25, 0.3) is 0 Å². The summed E-state index contributed by atoms with van der Waals surface area (Å²) in [5.74, 6) is 0.699. The van der Waals surface area contributed by atoms with Crippen LogP contribution in [0.4, 0.5) is 9.52 Å². The van der Waals surface area contributed by atoms with E-state index in [1.165, 1.54) is 23.0 Å². The zero-order chi connectivity index (χ0) is 20.1. The predicted octanol–water partition coefficient (Wildman–Crippen LogP) is 5.90. The largest absolute Gasteiger partial charge is 0.283 e. The Balaban J connectivity index is 1.55. The molecule has 0 saturated carbocycles. The van der Waals surface area contributed by atoms with Gasteiger partial charge >= 0.3 is 0 Å². The van der Waals surface area contributed by atoms with Crippen molar-refractivity contribution in [2.24, 2.45) is 0 Å². The van der Waals surface area contributed by atoms with Gasteiger partial charge in [-0.3, -0.25) is 9.69 Å². The molecule has 0 unspecified atom stereocenters. The maximum atomic E-state index is 14.1. The van der Waals surface area contributed by atoms with Crippen LogP contribution < -0.4 is 4.90 Å². The number of hydrogen-bond donors (Lipinski definition) is 0. The summed E-state index contributed by atoms with van der Waals surface area (Å²) in [6.07, 6.45) is 0. The molecule has 0 fully saturated rings. The number of para-hydroxylation sites is 1. The van der Waals surface area contributed by atoms with Crippen molar-refractivity contribution >= 4 is 44.4 Å². The maximum absolute atomic E-state index is 14.1. The topological polar surface area (TPSA) is 33.2 Å². The van der Waals surface area contributed by atoms with Crippen molar-refractivity contribution in [2.45, 2.75) is 12.3 Å². The van der Waals surface area contributed by atoms with Crippen LogP contribution in [0.5, 0.6) is 0 Å². The number of nitrogens with zero attached hydrogens (tertiary/aromatic N) is 2. The normalized spacial score (nSPS) is 10.9. The molecule has 0 spiro atoms. The first-order chi connectivity index (χ1) is 14.2. The molecule has 0 atom stereocenters. The molecular weight excluding hydrogens is 403 g/mol. The summed E-state index contributed by atoms with van der Waals surface area (Å²) < 4.78 is 14.9. The van der Waals surface area contributed by atoms with Crippen molar-refractivity contribution in [3.63, 3.8) is 0 Å². The third kappa shape index (κ3) is 4.83. The second-order valence-corrected chi connectivity index (χ2v) is 8.52. The number of thiazole rings is 1. The molecule has 0 N–H and O–H groups in total. The maximum Gasteiger partial charge on any atom is 0.239 e. The Hall–Kier alpha value is -2.70. The average Bonchev–Trinajstić information content (AvgIpc) is 3.19. The highest BCUT2D eigenvalue weighted by molar-refractivity contribution is 7.99. The van der Waals surface area contributed by atoms with Gasteiger partial charge in [0.05, 0.1) is 17.0 Å². The number of halogens is 1. The Morgan fingerprint density at radius 1 is 0.931 bits per heavy atom. The van der Waals surface area contributed by atoms with E-state index >= 15 is 0 Å². The van der Waals surface area contributed by atoms with Gasteiger partial charge in [0, 0.05) is 5.75 Å². The van der Waals surface area contributed by atoms with E-state index in [4.69, 9.17) is 0 Å². The number of carbonyl (C=O) groups is 1. The molecule has 0 bridgehead atoms. The van der Waals surface area contributed by atoms with Gasteiger partial charge in [-0.2, -0.15) is 0 Å². The standard InChI is InChI=1S/C23H19FN2OS2/c24-19-12-7-13-20-22(19)25-23(29-20)26(14-17-8-3-1-4-9-17)21(27)16-28-15-18-10-5-2-6-11-18/h1-13H,14-16H2. The monoisotopic (exact) mass is 422 g/mol. The second kappa shape index (κ2) is 9.20. The number of rotatable bonds is 7. The van der Waals surface area contributed by atoms with E-state index in [0.29, 0.717) is 22.9 Å². The minimum atomic E-state index is -0.365. The molecule has 3 aromatic carbocycles. The van der Waals surface area contributed by atoms with E-state index in [9.17, 15) is 9.18 Å². The van der Waals surface area contributed by atoms with Gasteiger partial charge in [-0.1, -0.05) is 78.1 Å². The molecule has 1 heterocycles. The van der Waals surface area contributed by atoms with Gasteiger partial charge < -0.3 is 0 Å². The summed E-state index contributed by atoms with van der Waals surface area (Å²) in [4.78, 5) is 19.2. The van der Waals surface area contributed by atoms with Crippen molar-refractivity contribution < 1.29 is 9.18 Å². The van der Waals surface area contributed by atoms with E-state index in [1.807, 2.05) is 54.6 Å². The van der Waals surface area contributed by atoms with Gasteiger partial charge in [0.15, 0.2) is 5.13 Å². The lowest BCUT2D eigenvalue weighted by Crippen LogP contribution is -2.31. The molecule has 0 radical (unpaired) electrons. The average molecular weight is 423 g/mol. The number of amides is 1. The number of carbonyl (C=O) groups excluding carboxylic acids is 1. The summed E-state index contributed by atoms with van der Waals surface area (Å²) in [5.41, 5.74) is 2.51. The van der Waals surface area contributed by atoms with E-state index < -0.39 is 0 Å². The molecule has 29 heavy (non-hydrogen) atoms. The number of thioether (sulfide) groups is 1. The van der Waals surface area contributed by atoms with Crippen molar-refractivity contribution in [3.8, 4) is 0 Å². The van der Waals surface area contributed by atoms with Crippen LogP contribution in [0.2, 0.25) is 0 Å². The summed E-state index contributed by atoms with van der Waals surface area (Å²) >= 11 is 2.91. The first-order valence-electron chi connectivity index (χ1n) is 9.22. The zero-order valence-corrected chi connectivity index (χ0v) is 17.3. The van der Waals surface area contributed by atoms with Crippen molar-refractivity contribution in [1.29, 1.82) is 0 Å². The molecule has 4 aromatic rings. The van der Waals surface area contributed by atoms with E-state index in [1.54, 1.807) is 22.7 Å².